The van der Waals surface area contributed by atoms with E-state index in [0.29, 0.717) is 11.1 Å². The van der Waals surface area contributed by atoms with Crippen LogP contribution in [0, 0.1) is 11.6 Å². The molecule has 0 saturated heterocycles. The second-order valence-electron chi connectivity index (χ2n) is 3.59. The zero-order valence-electron chi connectivity index (χ0n) is 8.90. The molecule has 2 rings (SSSR count). The van der Waals surface area contributed by atoms with Crippen molar-refractivity contribution in [1.29, 1.82) is 0 Å². The summed E-state index contributed by atoms with van der Waals surface area (Å²) in [5.74, 6) is -1.95. The molecule has 0 unspecified atom stereocenters. The Morgan fingerprint density at radius 3 is 2.17 bits per heavy atom. The van der Waals surface area contributed by atoms with Gasteiger partial charge in [-0.25, -0.2) is 17.2 Å². The standard InChI is InChI=1S/C12H7ClF2O2S/c13-18(16,17)10-3-1-2-8(6-10)9-4-5-11(14)12(15)7-9/h1-7H. The lowest BCUT2D eigenvalue weighted by Crippen LogP contribution is -1.91. The zero-order chi connectivity index (χ0) is 13.3. The molecule has 2 aromatic rings. The van der Waals surface area contributed by atoms with Gasteiger partial charge in [0.1, 0.15) is 0 Å². The van der Waals surface area contributed by atoms with Crippen LogP contribution in [-0.4, -0.2) is 8.42 Å². The van der Waals surface area contributed by atoms with E-state index in [0.717, 1.165) is 12.1 Å². The molecule has 0 fully saturated rings. The van der Waals surface area contributed by atoms with Crippen molar-refractivity contribution < 1.29 is 17.2 Å². The van der Waals surface area contributed by atoms with Gasteiger partial charge in [-0.1, -0.05) is 18.2 Å². The van der Waals surface area contributed by atoms with Gasteiger partial charge in [-0.2, -0.15) is 0 Å². The van der Waals surface area contributed by atoms with E-state index in [1.54, 1.807) is 6.07 Å². The molecule has 0 heterocycles. The van der Waals surface area contributed by atoms with Crippen molar-refractivity contribution in [2.24, 2.45) is 0 Å². The van der Waals surface area contributed by atoms with Gasteiger partial charge in [0.05, 0.1) is 4.90 Å². The fourth-order valence-corrected chi connectivity index (χ4v) is 2.30. The lowest BCUT2D eigenvalue weighted by Gasteiger charge is -2.04. The molecule has 94 valence electrons. The maximum atomic E-state index is 13.1. The highest BCUT2D eigenvalue weighted by atomic mass is 35.7. The lowest BCUT2D eigenvalue weighted by atomic mass is 10.1. The summed E-state index contributed by atoms with van der Waals surface area (Å²) in [6, 6.07) is 9.02. The van der Waals surface area contributed by atoms with Crippen molar-refractivity contribution in [3.05, 3.63) is 54.1 Å². The third-order valence-electron chi connectivity index (χ3n) is 2.37. The summed E-state index contributed by atoms with van der Waals surface area (Å²) in [6.45, 7) is 0. The van der Waals surface area contributed by atoms with Crippen LogP contribution < -0.4 is 0 Å². The van der Waals surface area contributed by atoms with Gasteiger partial charge in [-0.15, -0.1) is 0 Å². The van der Waals surface area contributed by atoms with Crippen molar-refractivity contribution in [2.75, 3.05) is 0 Å². The average molecular weight is 289 g/mol. The van der Waals surface area contributed by atoms with Gasteiger partial charge in [0, 0.05) is 10.7 Å². The molecular weight excluding hydrogens is 282 g/mol. The first-order valence-electron chi connectivity index (χ1n) is 4.88. The highest BCUT2D eigenvalue weighted by Gasteiger charge is 2.11. The normalized spacial score (nSPS) is 11.5. The highest BCUT2D eigenvalue weighted by molar-refractivity contribution is 8.13. The zero-order valence-corrected chi connectivity index (χ0v) is 10.5. The van der Waals surface area contributed by atoms with Crippen LogP contribution >= 0.6 is 10.7 Å². The topological polar surface area (TPSA) is 34.1 Å². The Bertz CT molecular complexity index is 699. The maximum absolute atomic E-state index is 13.1. The van der Waals surface area contributed by atoms with Gasteiger partial charge in [0.2, 0.25) is 0 Å². The van der Waals surface area contributed by atoms with Crippen LogP contribution in [0.5, 0.6) is 0 Å². The summed E-state index contributed by atoms with van der Waals surface area (Å²) in [5, 5.41) is 0. The Morgan fingerprint density at radius 1 is 0.889 bits per heavy atom. The van der Waals surface area contributed by atoms with E-state index in [1.165, 1.54) is 24.3 Å². The third-order valence-corrected chi connectivity index (χ3v) is 3.72. The minimum atomic E-state index is -3.85. The summed E-state index contributed by atoms with van der Waals surface area (Å²) in [5.41, 5.74) is 0.812. The van der Waals surface area contributed by atoms with Gasteiger partial charge < -0.3 is 0 Å². The van der Waals surface area contributed by atoms with Gasteiger partial charge in [-0.3, -0.25) is 0 Å². The Hall–Kier alpha value is -1.46. The molecule has 0 spiro atoms. The number of rotatable bonds is 2. The Balaban J connectivity index is 2.55. The number of hydrogen-bond donors (Lipinski definition) is 0. The molecule has 0 N–H and O–H groups in total. The maximum Gasteiger partial charge on any atom is 0.261 e. The molecule has 0 aromatic heterocycles. The van der Waals surface area contributed by atoms with E-state index in [9.17, 15) is 17.2 Å². The predicted octanol–water partition coefficient (Wildman–Crippen LogP) is 3.56. The van der Waals surface area contributed by atoms with Crippen LogP contribution in [0.15, 0.2) is 47.4 Å². The first-order valence-corrected chi connectivity index (χ1v) is 7.19. The van der Waals surface area contributed by atoms with Crippen molar-refractivity contribution in [3.63, 3.8) is 0 Å². The highest BCUT2D eigenvalue weighted by Crippen LogP contribution is 2.25. The summed E-state index contributed by atoms with van der Waals surface area (Å²) in [6.07, 6.45) is 0. The minimum absolute atomic E-state index is 0.0913. The van der Waals surface area contributed by atoms with Gasteiger partial charge in [-0.05, 0) is 35.4 Å². The van der Waals surface area contributed by atoms with Crippen LogP contribution in [0.1, 0.15) is 0 Å². The molecule has 2 aromatic carbocycles. The van der Waals surface area contributed by atoms with Gasteiger partial charge >= 0.3 is 0 Å². The Morgan fingerprint density at radius 2 is 1.56 bits per heavy atom. The summed E-state index contributed by atoms with van der Waals surface area (Å²) < 4.78 is 48.2. The smallest absolute Gasteiger partial charge is 0.207 e. The van der Waals surface area contributed by atoms with E-state index in [2.05, 4.69) is 0 Å². The molecule has 0 amide bonds. The fraction of sp³-hybridized carbons (Fsp3) is 0. The van der Waals surface area contributed by atoms with Crippen molar-refractivity contribution in [1.82, 2.24) is 0 Å². The summed E-state index contributed by atoms with van der Waals surface area (Å²) in [7, 11) is 1.37. The van der Waals surface area contributed by atoms with Crippen molar-refractivity contribution in [2.45, 2.75) is 4.90 Å². The first kappa shape index (κ1) is 13.0. The van der Waals surface area contributed by atoms with Crippen molar-refractivity contribution >= 4 is 19.7 Å². The molecule has 0 atom stereocenters. The van der Waals surface area contributed by atoms with Crippen LogP contribution in [0.4, 0.5) is 8.78 Å². The van der Waals surface area contributed by atoms with Crippen molar-refractivity contribution in [3.8, 4) is 11.1 Å². The summed E-state index contributed by atoms with van der Waals surface area (Å²) >= 11 is 0. The molecule has 0 aliphatic carbocycles. The first-order chi connectivity index (χ1) is 8.38. The molecule has 0 saturated carbocycles. The van der Waals surface area contributed by atoms with E-state index >= 15 is 0 Å². The van der Waals surface area contributed by atoms with E-state index in [1.807, 2.05) is 0 Å². The van der Waals surface area contributed by atoms with Crippen LogP contribution in [-0.2, 0) is 9.05 Å². The van der Waals surface area contributed by atoms with Gasteiger partial charge in [0.25, 0.3) is 9.05 Å². The van der Waals surface area contributed by atoms with E-state index in [4.69, 9.17) is 10.7 Å². The third kappa shape index (κ3) is 2.68. The molecular formula is C12H7ClF2O2S. The van der Waals surface area contributed by atoms with E-state index < -0.39 is 20.7 Å². The second-order valence-corrected chi connectivity index (χ2v) is 6.16. The molecule has 0 aliphatic rings. The molecule has 18 heavy (non-hydrogen) atoms. The monoisotopic (exact) mass is 288 g/mol. The lowest BCUT2D eigenvalue weighted by molar-refractivity contribution is 0.509. The molecule has 2 nitrogen and oxygen atoms in total. The Labute approximate surface area is 107 Å². The van der Waals surface area contributed by atoms with Gasteiger partial charge in [0.15, 0.2) is 11.6 Å². The van der Waals surface area contributed by atoms with Crippen LogP contribution in [0.3, 0.4) is 0 Å². The molecule has 0 aliphatic heterocycles. The minimum Gasteiger partial charge on any atom is -0.207 e. The number of hydrogen-bond acceptors (Lipinski definition) is 2. The molecule has 0 bridgehead atoms. The molecule has 6 heteroatoms. The number of halogens is 3. The average Bonchev–Trinajstić information content (AvgIpc) is 2.32. The second kappa shape index (κ2) is 4.66. The SMILES string of the molecule is O=S(=O)(Cl)c1cccc(-c2ccc(F)c(F)c2)c1. The summed E-state index contributed by atoms with van der Waals surface area (Å²) in [4.78, 5) is -0.0913. The van der Waals surface area contributed by atoms with E-state index in [-0.39, 0.29) is 4.90 Å². The van der Waals surface area contributed by atoms with Crippen LogP contribution in [0.25, 0.3) is 11.1 Å². The number of benzene rings is 2. The largest absolute Gasteiger partial charge is 0.261 e. The quantitative estimate of drug-likeness (QED) is 0.792. The Kier molecular flexibility index (Phi) is 3.36. The predicted molar refractivity (Wildman–Crippen MR) is 64.8 cm³/mol. The van der Waals surface area contributed by atoms with Crippen LogP contribution in [0.2, 0.25) is 0 Å². The fourth-order valence-electron chi connectivity index (χ4n) is 1.50. The molecule has 0 radical (unpaired) electrons.